The molecule has 0 atom stereocenters. The van der Waals surface area contributed by atoms with Crippen LogP contribution in [-0.2, 0) is 6.18 Å². The van der Waals surface area contributed by atoms with E-state index in [1.54, 1.807) is 0 Å². The molecule has 3 aromatic rings. The zero-order valence-electron chi connectivity index (χ0n) is 10.8. The average molecular weight is 301 g/mol. The molecular formula is C15H6F3N3O. The molecule has 0 radical (unpaired) electrons. The van der Waals surface area contributed by atoms with Gasteiger partial charge in [0.05, 0.1) is 16.6 Å². The maximum atomic E-state index is 13.3. The molecule has 0 unspecified atom stereocenters. The molecule has 1 aromatic carbocycles. The van der Waals surface area contributed by atoms with Crippen LogP contribution in [0.3, 0.4) is 0 Å². The van der Waals surface area contributed by atoms with E-state index in [2.05, 4.69) is 15.0 Å². The van der Waals surface area contributed by atoms with Gasteiger partial charge in [-0.2, -0.15) is 13.2 Å². The van der Waals surface area contributed by atoms with Crippen LogP contribution in [0.4, 0.5) is 13.2 Å². The van der Waals surface area contributed by atoms with Crippen LogP contribution in [0.2, 0.25) is 0 Å². The third-order valence-corrected chi connectivity index (χ3v) is 3.64. The van der Waals surface area contributed by atoms with Gasteiger partial charge in [0, 0.05) is 28.9 Å². The number of halogens is 3. The van der Waals surface area contributed by atoms with Crippen molar-refractivity contribution in [3.63, 3.8) is 0 Å². The van der Waals surface area contributed by atoms with Crippen LogP contribution in [0.15, 0.2) is 36.9 Å². The molecule has 1 aliphatic carbocycles. The predicted octanol–water partition coefficient (Wildman–Crippen LogP) is 3.26. The Morgan fingerprint density at radius 2 is 1.82 bits per heavy atom. The van der Waals surface area contributed by atoms with E-state index in [1.165, 1.54) is 30.9 Å². The van der Waals surface area contributed by atoms with Gasteiger partial charge in [-0.05, 0) is 12.1 Å². The van der Waals surface area contributed by atoms with E-state index in [0.717, 1.165) is 6.07 Å². The molecule has 0 bridgehead atoms. The molecule has 4 nitrogen and oxygen atoms in total. The van der Waals surface area contributed by atoms with Crippen LogP contribution in [-0.4, -0.2) is 20.7 Å². The summed E-state index contributed by atoms with van der Waals surface area (Å²) in [6, 6.07) is 3.76. The zero-order valence-corrected chi connectivity index (χ0v) is 10.8. The standard InChI is InChI=1S/C15H6F3N3O/c16-15(17,18)9-2-1-3-10-12(9)11-7-4-19-6-21-13(7)14(22)8(11)5-20-10/h1-6H. The molecule has 0 amide bonds. The number of carbonyl (C=O) groups is 1. The van der Waals surface area contributed by atoms with Gasteiger partial charge in [-0.25, -0.2) is 9.97 Å². The lowest BCUT2D eigenvalue weighted by molar-refractivity contribution is -0.136. The Morgan fingerprint density at radius 1 is 1.00 bits per heavy atom. The summed E-state index contributed by atoms with van der Waals surface area (Å²) >= 11 is 0. The third-order valence-electron chi connectivity index (χ3n) is 3.64. The average Bonchev–Trinajstić information content (AvgIpc) is 2.79. The summed E-state index contributed by atoms with van der Waals surface area (Å²) in [5.74, 6) is -0.432. The van der Waals surface area contributed by atoms with Crippen molar-refractivity contribution in [2.45, 2.75) is 6.18 Å². The van der Waals surface area contributed by atoms with Crippen molar-refractivity contribution < 1.29 is 18.0 Å². The number of benzene rings is 1. The molecule has 0 saturated carbocycles. The highest BCUT2D eigenvalue weighted by atomic mass is 19.4. The Bertz CT molecular complexity index is 950. The van der Waals surface area contributed by atoms with Gasteiger partial charge < -0.3 is 0 Å². The Balaban J connectivity index is 2.22. The second kappa shape index (κ2) is 4.09. The maximum absolute atomic E-state index is 13.3. The second-order valence-electron chi connectivity index (χ2n) is 4.86. The number of alkyl halides is 3. The van der Waals surface area contributed by atoms with Gasteiger partial charge >= 0.3 is 6.18 Å². The summed E-state index contributed by atoms with van der Waals surface area (Å²) in [6.45, 7) is 0. The first-order valence-electron chi connectivity index (χ1n) is 6.32. The lowest BCUT2D eigenvalue weighted by Crippen LogP contribution is -2.07. The van der Waals surface area contributed by atoms with Gasteiger partial charge in [-0.3, -0.25) is 9.78 Å². The molecule has 0 saturated heterocycles. The molecule has 0 fully saturated rings. The number of pyridine rings is 1. The first kappa shape index (κ1) is 12.9. The molecule has 0 spiro atoms. The monoisotopic (exact) mass is 301 g/mol. The fourth-order valence-corrected chi connectivity index (χ4v) is 2.75. The number of carbonyl (C=O) groups excluding carboxylic acids is 1. The van der Waals surface area contributed by atoms with E-state index in [1.807, 2.05) is 0 Å². The summed E-state index contributed by atoms with van der Waals surface area (Å²) < 4.78 is 39.9. The molecule has 0 aliphatic heterocycles. The van der Waals surface area contributed by atoms with Crippen molar-refractivity contribution >= 4 is 16.7 Å². The number of hydrogen-bond donors (Lipinski definition) is 0. The number of ketones is 1. The van der Waals surface area contributed by atoms with Gasteiger partial charge in [0.2, 0.25) is 5.78 Å². The molecule has 1 aliphatic rings. The van der Waals surface area contributed by atoms with Crippen LogP contribution in [0.1, 0.15) is 21.6 Å². The van der Waals surface area contributed by atoms with E-state index < -0.39 is 17.5 Å². The summed E-state index contributed by atoms with van der Waals surface area (Å²) in [4.78, 5) is 24.0. The fourth-order valence-electron chi connectivity index (χ4n) is 2.75. The van der Waals surface area contributed by atoms with Crippen molar-refractivity contribution in [1.29, 1.82) is 0 Å². The van der Waals surface area contributed by atoms with Crippen LogP contribution < -0.4 is 0 Å². The topological polar surface area (TPSA) is 55.7 Å². The summed E-state index contributed by atoms with van der Waals surface area (Å²) in [7, 11) is 0. The van der Waals surface area contributed by atoms with E-state index in [-0.39, 0.29) is 27.7 Å². The van der Waals surface area contributed by atoms with Crippen LogP contribution in [0.5, 0.6) is 0 Å². The quantitative estimate of drug-likeness (QED) is 0.500. The maximum Gasteiger partial charge on any atom is 0.417 e. The van der Waals surface area contributed by atoms with Gasteiger partial charge in [-0.1, -0.05) is 6.07 Å². The van der Waals surface area contributed by atoms with E-state index in [9.17, 15) is 18.0 Å². The van der Waals surface area contributed by atoms with Crippen LogP contribution in [0.25, 0.3) is 22.0 Å². The molecule has 108 valence electrons. The first-order chi connectivity index (χ1) is 10.5. The van der Waals surface area contributed by atoms with E-state index in [0.29, 0.717) is 5.56 Å². The third kappa shape index (κ3) is 1.59. The van der Waals surface area contributed by atoms with Crippen LogP contribution in [0, 0.1) is 0 Å². The number of nitrogens with zero attached hydrogens (tertiary/aromatic N) is 3. The molecular weight excluding hydrogens is 295 g/mol. The SMILES string of the molecule is O=C1c2cnc3cccc(C(F)(F)F)c3c2-c2cncnc21. The predicted molar refractivity (Wildman–Crippen MR) is 71.2 cm³/mol. The van der Waals surface area contributed by atoms with Gasteiger partial charge in [-0.15, -0.1) is 0 Å². The van der Waals surface area contributed by atoms with Crippen molar-refractivity contribution in [2.75, 3.05) is 0 Å². The van der Waals surface area contributed by atoms with Crippen molar-refractivity contribution in [3.8, 4) is 11.1 Å². The largest absolute Gasteiger partial charge is 0.417 e. The number of rotatable bonds is 0. The Labute approximate surface area is 121 Å². The molecule has 2 aromatic heterocycles. The molecule has 22 heavy (non-hydrogen) atoms. The summed E-state index contributed by atoms with van der Waals surface area (Å²) in [5, 5.41) is -0.0885. The van der Waals surface area contributed by atoms with Gasteiger partial charge in [0.1, 0.15) is 12.0 Å². The molecule has 2 heterocycles. The highest BCUT2D eigenvalue weighted by Gasteiger charge is 2.37. The normalized spacial score (nSPS) is 13.3. The lowest BCUT2D eigenvalue weighted by atomic mass is 9.98. The number of aromatic nitrogens is 3. The van der Waals surface area contributed by atoms with Crippen LogP contribution >= 0.6 is 0 Å². The minimum atomic E-state index is -4.54. The molecule has 7 heteroatoms. The van der Waals surface area contributed by atoms with Crippen molar-refractivity contribution in [2.24, 2.45) is 0 Å². The summed E-state index contributed by atoms with van der Waals surface area (Å²) in [6.07, 6.45) is -0.693. The Kier molecular flexibility index (Phi) is 2.40. The molecule has 0 N–H and O–H groups in total. The first-order valence-corrected chi connectivity index (χ1v) is 6.32. The lowest BCUT2D eigenvalue weighted by Gasteiger charge is -2.13. The minimum absolute atomic E-state index is 0.0885. The zero-order chi connectivity index (χ0) is 15.5. The Hall–Kier alpha value is -2.83. The highest BCUT2D eigenvalue weighted by molar-refractivity contribution is 6.24. The number of fused-ring (bicyclic) bond motifs is 5. The Morgan fingerprint density at radius 3 is 2.59 bits per heavy atom. The fraction of sp³-hybridized carbons (Fsp3) is 0.0667. The van der Waals surface area contributed by atoms with Gasteiger partial charge in [0.25, 0.3) is 0 Å². The molecule has 4 rings (SSSR count). The summed E-state index contributed by atoms with van der Waals surface area (Å²) in [5.41, 5.74) is 0.109. The van der Waals surface area contributed by atoms with E-state index in [4.69, 9.17) is 0 Å². The van der Waals surface area contributed by atoms with Crippen molar-refractivity contribution in [3.05, 3.63) is 53.7 Å². The second-order valence-corrected chi connectivity index (χ2v) is 4.86. The highest BCUT2D eigenvalue weighted by Crippen LogP contribution is 2.44. The number of hydrogen-bond acceptors (Lipinski definition) is 4. The smallest absolute Gasteiger partial charge is 0.287 e. The van der Waals surface area contributed by atoms with E-state index >= 15 is 0 Å². The van der Waals surface area contributed by atoms with Gasteiger partial charge in [0.15, 0.2) is 0 Å². The minimum Gasteiger partial charge on any atom is -0.287 e. The van der Waals surface area contributed by atoms with Crippen molar-refractivity contribution in [1.82, 2.24) is 15.0 Å².